The van der Waals surface area contributed by atoms with Crippen molar-refractivity contribution in [3.63, 3.8) is 0 Å². The normalized spacial score (nSPS) is 23.1. The van der Waals surface area contributed by atoms with Crippen LogP contribution in [0.2, 0.25) is 0 Å². The third-order valence-electron chi connectivity index (χ3n) is 6.56. The first kappa shape index (κ1) is 25.3. The Bertz CT molecular complexity index is 978. The Morgan fingerprint density at radius 2 is 1.77 bits per heavy atom. The highest BCUT2D eigenvalue weighted by atomic mass is 16.7. The van der Waals surface area contributed by atoms with Crippen LogP contribution in [-0.2, 0) is 30.2 Å². The Balaban J connectivity index is 1.18. The van der Waals surface area contributed by atoms with Crippen molar-refractivity contribution in [2.24, 2.45) is 11.8 Å². The smallest absolute Gasteiger partial charge is 0.280 e. The van der Waals surface area contributed by atoms with Gasteiger partial charge in [-0.05, 0) is 44.7 Å². The van der Waals surface area contributed by atoms with Crippen LogP contribution in [0.3, 0.4) is 0 Å². The maximum absolute atomic E-state index is 12.7. The predicted molar refractivity (Wildman–Crippen MR) is 128 cm³/mol. The summed E-state index contributed by atoms with van der Waals surface area (Å²) in [6.07, 6.45) is 2.78. The Labute approximate surface area is 205 Å². The van der Waals surface area contributed by atoms with Gasteiger partial charge in [0.25, 0.3) is 5.91 Å². The first-order chi connectivity index (χ1) is 16.9. The fourth-order valence-corrected chi connectivity index (χ4v) is 4.23. The van der Waals surface area contributed by atoms with Crippen molar-refractivity contribution < 1.29 is 28.2 Å². The lowest BCUT2D eigenvalue weighted by Gasteiger charge is -2.36. The zero-order chi connectivity index (χ0) is 24.7. The molecular formula is C26H35N3O6. The van der Waals surface area contributed by atoms with Gasteiger partial charge >= 0.3 is 0 Å². The van der Waals surface area contributed by atoms with Crippen LogP contribution >= 0.6 is 0 Å². The van der Waals surface area contributed by atoms with Crippen molar-refractivity contribution in [1.29, 1.82) is 0 Å². The summed E-state index contributed by atoms with van der Waals surface area (Å²) in [6.45, 7) is 6.62. The second-order valence-corrected chi connectivity index (χ2v) is 9.39. The van der Waals surface area contributed by atoms with E-state index < -0.39 is 5.79 Å². The summed E-state index contributed by atoms with van der Waals surface area (Å²) in [6, 6.07) is 9.77. The van der Waals surface area contributed by atoms with Gasteiger partial charge in [0.15, 0.2) is 0 Å². The molecule has 35 heavy (non-hydrogen) atoms. The number of aryl methyl sites for hydroxylation is 1. The lowest BCUT2D eigenvalue weighted by atomic mass is 10.0. The van der Waals surface area contributed by atoms with Gasteiger partial charge < -0.3 is 29.3 Å². The molecule has 2 fully saturated rings. The average molecular weight is 486 g/mol. The molecule has 190 valence electrons. The minimum absolute atomic E-state index is 0.0549. The fraction of sp³-hybridized carbons (Fsp3) is 0.577. The van der Waals surface area contributed by atoms with Crippen molar-refractivity contribution in [3.8, 4) is 11.5 Å². The lowest BCUT2D eigenvalue weighted by Crippen LogP contribution is -2.53. The second kappa shape index (κ2) is 11.8. The Kier molecular flexibility index (Phi) is 8.54. The zero-order valence-electron chi connectivity index (χ0n) is 20.5. The van der Waals surface area contributed by atoms with Gasteiger partial charge in [-0.1, -0.05) is 18.2 Å². The highest BCUT2D eigenvalue weighted by Crippen LogP contribution is 2.27. The molecular weight excluding hydrogens is 450 g/mol. The Hall–Kier alpha value is -2.75. The summed E-state index contributed by atoms with van der Waals surface area (Å²) >= 11 is 0. The van der Waals surface area contributed by atoms with Crippen molar-refractivity contribution in [2.75, 3.05) is 39.5 Å². The van der Waals surface area contributed by atoms with Crippen molar-refractivity contribution in [3.05, 3.63) is 41.8 Å². The average Bonchev–Trinajstić information content (AvgIpc) is 3.25. The molecule has 1 aromatic carbocycles. The number of carbonyl (C=O) groups is 2. The molecule has 0 spiro atoms. The summed E-state index contributed by atoms with van der Waals surface area (Å²) in [5.41, 5.74) is 1.79. The molecule has 9 heteroatoms. The predicted octanol–water partition coefficient (Wildman–Crippen LogP) is 2.62. The molecule has 0 bridgehead atoms. The molecule has 2 aromatic rings. The SMILES string of the molecule is Cc1oc(-c2ccccc2)nc1CC1COC(C)(C(=O)NCCC(=O)NCC2CCOCC2)OC1. The number of oxazole rings is 1. The number of rotatable bonds is 9. The summed E-state index contributed by atoms with van der Waals surface area (Å²) in [4.78, 5) is 29.4. The molecule has 2 aliphatic rings. The minimum Gasteiger partial charge on any atom is -0.441 e. The van der Waals surface area contributed by atoms with Crippen molar-refractivity contribution in [2.45, 2.75) is 45.3 Å². The number of aromatic nitrogens is 1. The molecule has 2 saturated heterocycles. The van der Waals surface area contributed by atoms with E-state index in [1.807, 2.05) is 37.3 Å². The van der Waals surface area contributed by atoms with E-state index in [0.717, 1.165) is 43.1 Å². The molecule has 1 aromatic heterocycles. The third-order valence-corrected chi connectivity index (χ3v) is 6.56. The standard InChI is InChI=1S/C26H35N3O6/c1-18-22(29-24(35-18)21-6-4-3-5-7-21)14-20-16-33-26(2,34-17-20)25(31)27-11-8-23(30)28-15-19-9-12-32-13-10-19/h3-7,19-20H,8-17H2,1-2H3,(H,27,31)(H,28,30). The number of nitrogens with zero attached hydrogens (tertiary/aromatic N) is 1. The van der Waals surface area contributed by atoms with Gasteiger partial charge in [0.1, 0.15) is 5.76 Å². The maximum Gasteiger partial charge on any atom is 0.280 e. The van der Waals surface area contributed by atoms with Crippen LogP contribution in [-0.4, -0.2) is 62.1 Å². The molecule has 0 saturated carbocycles. The van der Waals surface area contributed by atoms with Crippen molar-refractivity contribution in [1.82, 2.24) is 15.6 Å². The summed E-state index contributed by atoms with van der Waals surface area (Å²) < 4.78 is 22.8. The molecule has 2 N–H and O–H groups in total. The number of carbonyl (C=O) groups excluding carboxylic acids is 2. The summed E-state index contributed by atoms with van der Waals surface area (Å²) in [7, 11) is 0. The quantitative estimate of drug-likeness (QED) is 0.562. The van der Waals surface area contributed by atoms with Gasteiger partial charge in [0, 0.05) is 50.6 Å². The van der Waals surface area contributed by atoms with Gasteiger partial charge in [0.2, 0.25) is 17.6 Å². The molecule has 0 radical (unpaired) electrons. The lowest BCUT2D eigenvalue weighted by molar-refractivity contribution is -0.259. The van der Waals surface area contributed by atoms with E-state index in [-0.39, 0.29) is 30.7 Å². The largest absolute Gasteiger partial charge is 0.441 e. The van der Waals surface area contributed by atoms with Gasteiger partial charge in [-0.2, -0.15) is 0 Å². The van der Waals surface area contributed by atoms with Crippen LogP contribution < -0.4 is 10.6 Å². The van der Waals surface area contributed by atoms with Crippen LogP contribution in [0, 0.1) is 18.8 Å². The number of nitrogens with one attached hydrogen (secondary N) is 2. The molecule has 2 amide bonds. The number of hydrogen-bond acceptors (Lipinski definition) is 7. The van der Waals surface area contributed by atoms with Gasteiger partial charge in [-0.15, -0.1) is 0 Å². The van der Waals surface area contributed by atoms with Gasteiger partial charge in [-0.25, -0.2) is 4.98 Å². The fourth-order valence-electron chi connectivity index (χ4n) is 4.23. The minimum atomic E-state index is -1.37. The van der Waals surface area contributed by atoms with Gasteiger partial charge in [-0.3, -0.25) is 9.59 Å². The molecule has 4 rings (SSSR count). The number of hydrogen-bond donors (Lipinski definition) is 2. The van der Waals surface area contributed by atoms with E-state index in [0.29, 0.717) is 38.0 Å². The Morgan fingerprint density at radius 1 is 1.06 bits per heavy atom. The number of benzene rings is 1. The summed E-state index contributed by atoms with van der Waals surface area (Å²) in [5, 5.41) is 5.70. The Morgan fingerprint density at radius 3 is 2.49 bits per heavy atom. The highest BCUT2D eigenvalue weighted by molar-refractivity contribution is 5.84. The molecule has 2 aliphatic heterocycles. The van der Waals surface area contributed by atoms with Crippen LogP contribution in [0.5, 0.6) is 0 Å². The van der Waals surface area contributed by atoms with E-state index in [9.17, 15) is 9.59 Å². The zero-order valence-corrected chi connectivity index (χ0v) is 20.5. The van der Waals surface area contributed by atoms with Crippen LogP contribution in [0.1, 0.15) is 37.6 Å². The molecule has 0 atom stereocenters. The monoisotopic (exact) mass is 485 g/mol. The van der Waals surface area contributed by atoms with E-state index in [2.05, 4.69) is 15.6 Å². The van der Waals surface area contributed by atoms with Crippen LogP contribution in [0.4, 0.5) is 0 Å². The molecule has 0 unspecified atom stereocenters. The van der Waals surface area contributed by atoms with Gasteiger partial charge in [0.05, 0.1) is 18.9 Å². The maximum atomic E-state index is 12.7. The van der Waals surface area contributed by atoms with Crippen molar-refractivity contribution >= 4 is 11.8 Å². The number of amides is 2. The topological polar surface area (TPSA) is 112 Å². The van der Waals surface area contributed by atoms with E-state index in [4.69, 9.17) is 18.6 Å². The third kappa shape index (κ3) is 6.90. The molecule has 0 aliphatic carbocycles. The van der Waals surface area contributed by atoms with E-state index >= 15 is 0 Å². The van der Waals surface area contributed by atoms with Crippen LogP contribution in [0.15, 0.2) is 34.7 Å². The second-order valence-electron chi connectivity index (χ2n) is 9.39. The van der Waals surface area contributed by atoms with E-state index in [1.165, 1.54) is 0 Å². The molecule has 3 heterocycles. The van der Waals surface area contributed by atoms with Crippen LogP contribution in [0.25, 0.3) is 11.5 Å². The first-order valence-electron chi connectivity index (χ1n) is 12.4. The first-order valence-corrected chi connectivity index (χ1v) is 12.4. The highest BCUT2D eigenvalue weighted by Gasteiger charge is 2.40. The number of ether oxygens (including phenoxy) is 3. The van der Waals surface area contributed by atoms with E-state index in [1.54, 1.807) is 6.92 Å². The molecule has 9 nitrogen and oxygen atoms in total. The summed E-state index contributed by atoms with van der Waals surface area (Å²) in [5.74, 6) is 0.0519.